The summed E-state index contributed by atoms with van der Waals surface area (Å²) in [4.78, 5) is 16.9. The van der Waals surface area contributed by atoms with Gasteiger partial charge in [-0.2, -0.15) is 0 Å². The number of carbonyl (C=O) groups is 1. The zero-order valence-electron chi connectivity index (χ0n) is 13.8. The lowest BCUT2D eigenvalue weighted by Crippen LogP contribution is -2.55. The monoisotopic (exact) mass is 310 g/mol. The van der Waals surface area contributed by atoms with Crippen molar-refractivity contribution in [2.24, 2.45) is 0 Å². The maximum atomic E-state index is 12.2. The Balaban J connectivity index is 1.62. The lowest BCUT2D eigenvalue weighted by Gasteiger charge is -2.40. The molecule has 0 radical (unpaired) electrons. The van der Waals surface area contributed by atoms with Crippen molar-refractivity contribution in [3.63, 3.8) is 0 Å². The molecular weight excluding hydrogens is 280 g/mol. The fourth-order valence-electron chi connectivity index (χ4n) is 4.37. The standard InChI is InChI=1S/C17H30N2O3/c1-21-12-11-19-15-7-9-18(14-5-3-2-4-6-14)10-8-16(15)22-13-17(19)20/h14-16H,2-13H2,1H3/t15-,16-/m0/s1. The number of methoxy groups -OCH3 is 1. The molecule has 2 atom stereocenters. The molecule has 1 saturated carbocycles. The second-order valence-electron chi connectivity index (χ2n) is 6.90. The molecule has 2 heterocycles. The fraction of sp³-hybridized carbons (Fsp3) is 0.941. The van der Waals surface area contributed by atoms with Crippen molar-refractivity contribution >= 4 is 5.91 Å². The van der Waals surface area contributed by atoms with Gasteiger partial charge in [-0.25, -0.2) is 0 Å². The van der Waals surface area contributed by atoms with E-state index in [1.807, 2.05) is 4.90 Å². The Morgan fingerprint density at radius 3 is 2.68 bits per heavy atom. The molecule has 0 aromatic carbocycles. The summed E-state index contributed by atoms with van der Waals surface area (Å²) < 4.78 is 11.0. The Morgan fingerprint density at radius 2 is 1.91 bits per heavy atom. The summed E-state index contributed by atoms with van der Waals surface area (Å²) in [5.41, 5.74) is 0. The summed E-state index contributed by atoms with van der Waals surface area (Å²) in [5.74, 6) is 0.129. The molecule has 0 aromatic heterocycles. The zero-order chi connectivity index (χ0) is 15.4. The molecule has 0 N–H and O–H groups in total. The van der Waals surface area contributed by atoms with Crippen LogP contribution in [-0.4, -0.2) is 73.9 Å². The van der Waals surface area contributed by atoms with Crippen LogP contribution in [0.25, 0.3) is 0 Å². The van der Waals surface area contributed by atoms with Gasteiger partial charge in [0, 0.05) is 32.8 Å². The summed E-state index contributed by atoms with van der Waals surface area (Å²) in [6, 6.07) is 1.00. The van der Waals surface area contributed by atoms with Crippen molar-refractivity contribution in [3.05, 3.63) is 0 Å². The molecule has 2 saturated heterocycles. The van der Waals surface area contributed by atoms with E-state index in [0.717, 1.165) is 32.0 Å². The Labute approximate surface area is 133 Å². The first-order valence-corrected chi connectivity index (χ1v) is 8.93. The van der Waals surface area contributed by atoms with Crippen molar-refractivity contribution in [2.75, 3.05) is 40.0 Å². The molecule has 3 aliphatic rings. The number of likely N-dealkylation sites (tertiary alicyclic amines) is 1. The van der Waals surface area contributed by atoms with Crippen LogP contribution in [0, 0.1) is 0 Å². The number of carbonyl (C=O) groups excluding carboxylic acids is 1. The number of hydrogen-bond acceptors (Lipinski definition) is 4. The molecule has 0 aromatic rings. The quantitative estimate of drug-likeness (QED) is 0.792. The molecule has 0 unspecified atom stereocenters. The summed E-state index contributed by atoms with van der Waals surface area (Å²) in [5, 5.41) is 0. The van der Waals surface area contributed by atoms with Crippen LogP contribution in [0.4, 0.5) is 0 Å². The molecule has 1 aliphatic carbocycles. The highest BCUT2D eigenvalue weighted by Gasteiger charge is 2.39. The minimum absolute atomic E-state index is 0.129. The van der Waals surface area contributed by atoms with Crippen LogP contribution in [0.3, 0.4) is 0 Å². The van der Waals surface area contributed by atoms with Gasteiger partial charge in [0.05, 0.1) is 18.8 Å². The minimum Gasteiger partial charge on any atom is -0.383 e. The molecule has 5 heteroatoms. The van der Waals surface area contributed by atoms with Gasteiger partial charge in [-0.3, -0.25) is 4.79 Å². The van der Waals surface area contributed by atoms with Gasteiger partial charge in [-0.1, -0.05) is 19.3 Å². The predicted octanol–water partition coefficient (Wildman–Crippen LogP) is 1.66. The van der Waals surface area contributed by atoms with Gasteiger partial charge < -0.3 is 19.3 Å². The lowest BCUT2D eigenvalue weighted by atomic mass is 9.94. The van der Waals surface area contributed by atoms with Gasteiger partial charge in [0.2, 0.25) is 5.91 Å². The minimum atomic E-state index is 0.129. The van der Waals surface area contributed by atoms with Gasteiger partial charge in [0.15, 0.2) is 0 Å². The Bertz CT molecular complexity index is 371. The van der Waals surface area contributed by atoms with E-state index in [1.165, 1.54) is 32.1 Å². The van der Waals surface area contributed by atoms with Crippen molar-refractivity contribution in [3.8, 4) is 0 Å². The van der Waals surface area contributed by atoms with Crippen LogP contribution in [-0.2, 0) is 14.3 Å². The predicted molar refractivity (Wildman–Crippen MR) is 84.8 cm³/mol. The maximum absolute atomic E-state index is 12.2. The maximum Gasteiger partial charge on any atom is 0.249 e. The van der Waals surface area contributed by atoms with Crippen molar-refractivity contribution in [1.29, 1.82) is 0 Å². The third-order valence-corrected chi connectivity index (χ3v) is 5.61. The highest BCUT2D eigenvalue weighted by Crippen LogP contribution is 2.29. The number of amides is 1. The number of rotatable bonds is 4. The third-order valence-electron chi connectivity index (χ3n) is 5.61. The fourth-order valence-corrected chi connectivity index (χ4v) is 4.37. The molecule has 0 spiro atoms. The molecule has 3 rings (SSSR count). The number of morpholine rings is 1. The van der Waals surface area contributed by atoms with Crippen LogP contribution in [0.2, 0.25) is 0 Å². The molecule has 5 nitrogen and oxygen atoms in total. The average molecular weight is 310 g/mol. The number of hydrogen-bond donors (Lipinski definition) is 0. The van der Waals surface area contributed by atoms with E-state index < -0.39 is 0 Å². The average Bonchev–Trinajstić information content (AvgIpc) is 2.77. The summed E-state index contributed by atoms with van der Waals surface area (Å²) >= 11 is 0. The largest absolute Gasteiger partial charge is 0.383 e. The van der Waals surface area contributed by atoms with E-state index in [2.05, 4.69) is 4.90 Å². The molecule has 0 bridgehead atoms. The first kappa shape index (κ1) is 16.2. The summed E-state index contributed by atoms with van der Waals surface area (Å²) in [6.07, 6.45) is 9.16. The van der Waals surface area contributed by atoms with E-state index in [4.69, 9.17) is 9.47 Å². The van der Waals surface area contributed by atoms with Crippen molar-refractivity contribution in [1.82, 2.24) is 9.80 Å². The van der Waals surface area contributed by atoms with Crippen LogP contribution >= 0.6 is 0 Å². The van der Waals surface area contributed by atoms with E-state index in [-0.39, 0.29) is 24.7 Å². The van der Waals surface area contributed by atoms with Crippen molar-refractivity contribution < 1.29 is 14.3 Å². The van der Waals surface area contributed by atoms with Gasteiger partial charge in [0.1, 0.15) is 6.61 Å². The van der Waals surface area contributed by atoms with Gasteiger partial charge in [-0.15, -0.1) is 0 Å². The van der Waals surface area contributed by atoms with E-state index in [9.17, 15) is 4.79 Å². The molecule has 1 amide bonds. The topological polar surface area (TPSA) is 42.0 Å². The van der Waals surface area contributed by atoms with Crippen molar-refractivity contribution in [2.45, 2.75) is 63.1 Å². The van der Waals surface area contributed by atoms with Crippen LogP contribution in [0.1, 0.15) is 44.9 Å². The molecule has 2 aliphatic heterocycles. The molecule has 3 fully saturated rings. The van der Waals surface area contributed by atoms with Crippen LogP contribution < -0.4 is 0 Å². The van der Waals surface area contributed by atoms with Gasteiger partial charge >= 0.3 is 0 Å². The van der Waals surface area contributed by atoms with E-state index >= 15 is 0 Å². The first-order valence-electron chi connectivity index (χ1n) is 8.93. The third kappa shape index (κ3) is 3.63. The lowest BCUT2D eigenvalue weighted by molar-refractivity contribution is -0.158. The summed E-state index contributed by atoms with van der Waals surface area (Å²) in [6.45, 7) is 3.78. The summed E-state index contributed by atoms with van der Waals surface area (Å²) in [7, 11) is 1.69. The number of ether oxygens (including phenoxy) is 2. The van der Waals surface area contributed by atoms with Gasteiger partial charge in [-0.05, 0) is 25.7 Å². The highest BCUT2D eigenvalue weighted by molar-refractivity contribution is 5.78. The molecule has 126 valence electrons. The number of nitrogens with zero attached hydrogens (tertiary/aromatic N) is 2. The normalized spacial score (nSPS) is 31.9. The highest BCUT2D eigenvalue weighted by atomic mass is 16.5. The van der Waals surface area contributed by atoms with Crippen LogP contribution in [0.15, 0.2) is 0 Å². The smallest absolute Gasteiger partial charge is 0.249 e. The van der Waals surface area contributed by atoms with Gasteiger partial charge in [0.25, 0.3) is 0 Å². The molecule has 22 heavy (non-hydrogen) atoms. The van der Waals surface area contributed by atoms with Crippen LogP contribution in [0.5, 0.6) is 0 Å². The molecular formula is C17H30N2O3. The Morgan fingerprint density at radius 1 is 1.14 bits per heavy atom. The Kier molecular flexibility index (Phi) is 5.71. The second kappa shape index (κ2) is 7.75. The van der Waals surface area contributed by atoms with E-state index in [1.54, 1.807) is 7.11 Å². The van der Waals surface area contributed by atoms with E-state index in [0.29, 0.717) is 13.2 Å². The zero-order valence-corrected chi connectivity index (χ0v) is 13.8. The Hall–Kier alpha value is -0.650. The second-order valence-corrected chi connectivity index (χ2v) is 6.90. The first-order chi connectivity index (χ1) is 10.8. The number of fused-ring (bicyclic) bond motifs is 1. The SMILES string of the molecule is COCCN1C(=O)CO[C@H]2CCN(C3CCCCC3)CC[C@@H]21.